The van der Waals surface area contributed by atoms with Crippen molar-refractivity contribution in [3.8, 4) is 0 Å². The van der Waals surface area contributed by atoms with E-state index in [1.165, 1.54) is 0 Å². The molecule has 0 saturated carbocycles. The number of benzene rings is 2. The molecule has 1 saturated heterocycles. The Bertz CT molecular complexity index is 719. The highest BCUT2D eigenvalue weighted by molar-refractivity contribution is 5.94. The number of amides is 1. The molecule has 0 unspecified atom stereocenters. The largest absolute Gasteiger partial charge is 0.465 e. The summed E-state index contributed by atoms with van der Waals surface area (Å²) in [5.74, 6) is -0.167. The zero-order chi connectivity index (χ0) is 17.7. The molecule has 0 bridgehead atoms. The van der Waals surface area contributed by atoms with E-state index in [1.807, 2.05) is 72.5 Å². The van der Waals surface area contributed by atoms with E-state index < -0.39 is 5.41 Å². The molecule has 3 rings (SSSR count). The van der Waals surface area contributed by atoms with Crippen molar-refractivity contribution in [2.24, 2.45) is 0 Å². The smallest absolute Gasteiger partial charge is 0.316 e. The van der Waals surface area contributed by atoms with E-state index in [-0.39, 0.29) is 11.9 Å². The van der Waals surface area contributed by atoms with Crippen molar-refractivity contribution in [2.45, 2.75) is 25.2 Å². The first-order chi connectivity index (χ1) is 12.2. The Kier molecular flexibility index (Phi) is 5.17. The Morgan fingerprint density at radius 2 is 1.52 bits per heavy atom. The molecular formula is C21H23NO3. The Hall–Kier alpha value is -2.62. The van der Waals surface area contributed by atoms with E-state index in [0.717, 1.165) is 5.56 Å². The SMILES string of the molecule is CCOC(=O)C1(c2ccccc2)CCN(C(=O)c2ccccc2)CC1. The minimum absolute atomic E-state index is 0.0196. The number of rotatable bonds is 4. The number of ether oxygens (including phenoxy) is 1. The minimum Gasteiger partial charge on any atom is -0.465 e. The summed E-state index contributed by atoms with van der Waals surface area (Å²) in [5.41, 5.74) is 0.996. The first-order valence-corrected chi connectivity index (χ1v) is 8.74. The number of hydrogen-bond donors (Lipinski definition) is 0. The summed E-state index contributed by atoms with van der Waals surface area (Å²) in [6, 6.07) is 19.1. The highest BCUT2D eigenvalue weighted by Gasteiger charge is 2.44. The van der Waals surface area contributed by atoms with Crippen LogP contribution in [0.25, 0.3) is 0 Å². The number of likely N-dealkylation sites (tertiary alicyclic amines) is 1. The lowest BCUT2D eigenvalue weighted by Gasteiger charge is -2.40. The van der Waals surface area contributed by atoms with Gasteiger partial charge in [0, 0.05) is 18.7 Å². The van der Waals surface area contributed by atoms with Crippen molar-refractivity contribution in [1.29, 1.82) is 0 Å². The summed E-state index contributed by atoms with van der Waals surface area (Å²) < 4.78 is 5.38. The number of esters is 1. The first kappa shape index (κ1) is 17.2. The fourth-order valence-electron chi connectivity index (χ4n) is 3.49. The molecular weight excluding hydrogens is 314 g/mol. The van der Waals surface area contributed by atoms with E-state index in [9.17, 15) is 9.59 Å². The topological polar surface area (TPSA) is 46.6 Å². The molecule has 130 valence electrons. The molecule has 2 aromatic carbocycles. The van der Waals surface area contributed by atoms with Crippen molar-refractivity contribution in [2.75, 3.05) is 19.7 Å². The lowest BCUT2D eigenvalue weighted by molar-refractivity contribution is -0.152. The molecule has 4 nitrogen and oxygen atoms in total. The molecule has 1 aliphatic heterocycles. The highest BCUT2D eigenvalue weighted by Crippen LogP contribution is 2.37. The third-order valence-corrected chi connectivity index (χ3v) is 4.92. The highest BCUT2D eigenvalue weighted by atomic mass is 16.5. The molecule has 1 fully saturated rings. The molecule has 0 aliphatic carbocycles. The summed E-state index contributed by atoms with van der Waals surface area (Å²) in [6.45, 7) is 3.27. The van der Waals surface area contributed by atoms with Crippen molar-refractivity contribution < 1.29 is 14.3 Å². The summed E-state index contributed by atoms with van der Waals surface area (Å²) in [7, 11) is 0. The summed E-state index contributed by atoms with van der Waals surface area (Å²) in [6.07, 6.45) is 1.16. The van der Waals surface area contributed by atoms with Gasteiger partial charge in [0.15, 0.2) is 0 Å². The summed E-state index contributed by atoms with van der Waals surface area (Å²) in [5, 5.41) is 0. The van der Waals surface area contributed by atoms with Crippen LogP contribution in [0.15, 0.2) is 60.7 Å². The monoisotopic (exact) mass is 337 g/mol. The Morgan fingerprint density at radius 1 is 0.960 bits per heavy atom. The second-order valence-electron chi connectivity index (χ2n) is 6.33. The van der Waals surface area contributed by atoms with Crippen LogP contribution in [0.5, 0.6) is 0 Å². The molecule has 25 heavy (non-hydrogen) atoms. The van der Waals surface area contributed by atoms with Gasteiger partial charge in [0.1, 0.15) is 0 Å². The normalized spacial score (nSPS) is 16.3. The van der Waals surface area contributed by atoms with E-state index in [2.05, 4.69) is 0 Å². The van der Waals surface area contributed by atoms with Gasteiger partial charge >= 0.3 is 5.97 Å². The van der Waals surface area contributed by atoms with Gasteiger partial charge in [0.25, 0.3) is 5.91 Å². The molecule has 1 heterocycles. The molecule has 0 radical (unpaired) electrons. The number of hydrogen-bond acceptors (Lipinski definition) is 3. The average Bonchev–Trinajstić information content (AvgIpc) is 2.69. The maximum absolute atomic E-state index is 12.7. The van der Waals surface area contributed by atoms with Crippen molar-refractivity contribution in [3.63, 3.8) is 0 Å². The van der Waals surface area contributed by atoms with Gasteiger partial charge in [-0.05, 0) is 37.5 Å². The van der Waals surface area contributed by atoms with Gasteiger partial charge < -0.3 is 9.64 Å². The Labute approximate surface area is 148 Å². The van der Waals surface area contributed by atoms with Crippen molar-refractivity contribution in [3.05, 3.63) is 71.8 Å². The number of carbonyl (C=O) groups is 2. The van der Waals surface area contributed by atoms with Gasteiger partial charge in [-0.15, -0.1) is 0 Å². The predicted molar refractivity (Wildman–Crippen MR) is 96.3 cm³/mol. The number of piperidine rings is 1. The lowest BCUT2D eigenvalue weighted by Crippen LogP contribution is -2.49. The predicted octanol–water partition coefficient (Wildman–Crippen LogP) is 3.42. The quantitative estimate of drug-likeness (QED) is 0.803. The molecule has 2 aromatic rings. The van der Waals surface area contributed by atoms with Crippen LogP contribution in [0.4, 0.5) is 0 Å². The van der Waals surface area contributed by atoms with Crippen LogP contribution in [0, 0.1) is 0 Å². The number of nitrogens with zero attached hydrogens (tertiary/aromatic N) is 1. The first-order valence-electron chi connectivity index (χ1n) is 8.74. The molecule has 0 atom stereocenters. The van der Waals surface area contributed by atoms with Crippen molar-refractivity contribution in [1.82, 2.24) is 4.90 Å². The van der Waals surface area contributed by atoms with Gasteiger partial charge in [-0.2, -0.15) is 0 Å². The third-order valence-electron chi connectivity index (χ3n) is 4.92. The molecule has 1 aliphatic rings. The molecule has 1 amide bonds. The number of carbonyl (C=O) groups excluding carboxylic acids is 2. The van der Waals surface area contributed by atoms with Gasteiger partial charge in [0.05, 0.1) is 12.0 Å². The molecule has 0 N–H and O–H groups in total. The molecule has 0 aromatic heterocycles. The van der Waals surface area contributed by atoms with Gasteiger partial charge in [-0.25, -0.2) is 0 Å². The molecule has 4 heteroatoms. The maximum atomic E-state index is 12.7. The van der Waals surface area contributed by atoms with Crippen LogP contribution in [0.1, 0.15) is 35.7 Å². The van der Waals surface area contributed by atoms with E-state index in [4.69, 9.17) is 4.74 Å². The zero-order valence-corrected chi connectivity index (χ0v) is 14.5. The zero-order valence-electron chi connectivity index (χ0n) is 14.5. The Morgan fingerprint density at radius 3 is 2.08 bits per heavy atom. The van der Waals surface area contributed by atoms with Gasteiger partial charge in [-0.1, -0.05) is 48.5 Å². The van der Waals surface area contributed by atoms with E-state index in [0.29, 0.717) is 38.1 Å². The van der Waals surface area contributed by atoms with Crippen LogP contribution >= 0.6 is 0 Å². The maximum Gasteiger partial charge on any atom is 0.316 e. The summed E-state index contributed by atoms with van der Waals surface area (Å²) in [4.78, 5) is 27.2. The average molecular weight is 337 g/mol. The van der Waals surface area contributed by atoms with Crippen LogP contribution in [0.2, 0.25) is 0 Å². The van der Waals surface area contributed by atoms with Crippen LogP contribution in [0.3, 0.4) is 0 Å². The van der Waals surface area contributed by atoms with Gasteiger partial charge in [-0.3, -0.25) is 9.59 Å². The van der Waals surface area contributed by atoms with Gasteiger partial charge in [0.2, 0.25) is 0 Å². The molecule has 0 spiro atoms. The lowest BCUT2D eigenvalue weighted by atomic mass is 9.72. The third kappa shape index (κ3) is 3.43. The van der Waals surface area contributed by atoms with Crippen LogP contribution < -0.4 is 0 Å². The van der Waals surface area contributed by atoms with E-state index in [1.54, 1.807) is 0 Å². The standard InChI is InChI=1S/C21H23NO3/c1-2-25-20(24)21(18-11-7-4-8-12-18)13-15-22(16-14-21)19(23)17-9-5-3-6-10-17/h3-12H,2,13-16H2,1H3. The summed E-state index contributed by atoms with van der Waals surface area (Å²) >= 11 is 0. The van der Waals surface area contributed by atoms with Crippen LogP contribution in [-0.2, 0) is 14.9 Å². The van der Waals surface area contributed by atoms with E-state index >= 15 is 0 Å². The minimum atomic E-state index is -0.662. The Balaban J connectivity index is 1.80. The van der Waals surface area contributed by atoms with Crippen LogP contribution in [-0.4, -0.2) is 36.5 Å². The van der Waals surface area contributed by atoms with Crippen molar-refractivity contribution >= 4 is 11.9 Å². The fourth-order valence-corrected chi connectivity index (χ4v) is 3.49. The fraction of sp³-hybridized carbons (Fsp3) is 0.333. The second kappa shape index (κ2) is 7.51. The second-order valence-corrected chi connectivity index (χ2v) is 6.33.